The maximum Gasteiger partial charge on any atom is 0.352 e. The molecule has 14 nitrogen and oxygen atoms in total. The molecule has 0 aromatic carbocycles. The summed E-state index contributed by atoms with van der Waals surface area (Å²) < 4.78 is 1.74. The molecule has 3 amide bonds. The summed E-state index contributed by atoms with van der Waals surface area (Å²) >= 11 is 2.40. The molecule has 2 saturated heterocycles. The fraction of sp³-hybridized carbons (Fsp3) is 0.348. The van der Waals surface area contributed by atoms with Crippen molar-refractivity contribution in [1.82, 2.24) is 20.5 Å². The molecule has 2 aromatic heterocycles. The first-order valence-electron chi connectivity index (χ1n) is 11.8. The Balaban J connectivity index is 1.34. The third-order valence-electron chi connectivity index (χ3n) is 6.26. The normalized spacial score (nSPS) is 22.7. The van der Waals surface area contributed by atoms with Crippen molar-refractivity contribution in [2.24, 2.45) is 5.16 Å². The molecule has 3 aliphatic heterocycles. The first-order chi connectivity index (χ1) is 18.8. The van der Waals surface area contributed by atoms with Crippen LogP contribution in [0.3, 0.4) is 0 Å². The maximum absolute atomic E-state index is 13.2. The minimum atomic E-state index is -1.25. The molecule has 1 unspecified atom stereocenters. The van der Waals surface area contributed by atoms with E-state index >= 15 is 0 Å². The van der Waals surface area contributed by atoms with Crippen molar-refractivity contribution in [3.8, 4) is 0 Å². The minimum absolute atomic E-state index is 0.115. The highest BCUT2D eigenvalue weighted by molar-refractivity contribution is 8.00. The maximum atomic E-state index is 13.2. The fourth-order valence-corrected chi connectivity index (χ4v) is 6.28. The number of hydrogen-bond donors (Lipinski definition) is 5. The van der Waals surface area contributed by atoms with Crippen LogP contribution in [-0.4, -0.2) is 79.3 Å². The number of aliphatic carboxylic acids is 1. The lowest BCUT2D eigenvalue weighted by Gasteiger charge is -2.49. The number of fused-ring (bicyclic) bond motifs is 1. The number of aliphatic hydroxyl groups is 1. The van der Waals surface area contributed by atoms with Crippen molar-refractivity contribution in [3.05, 3.63) is 52.4 Å². The van der Waals surface area contributed by atoms with Crippen LogP contribution >= 0.6 is 23.1 Å². The number of carboxylic acids is 1. The lowest BCUT2D eigenvalue weighted by molar-refractivity contribution is -0.689. The fourth-order valence-electron chi connectivity index (χ4n) is 4.39. The highest BCUT2D eigenvalue weighted by Crippen LogP contribution is 2.40. The summed E-state index contributed by atoms with van der Waals surface area (Å²) in [4.78, 5) is 60.9. The van der Waals surface area contributed by atoms with Gasteiger partial charge in [-0.1, -0.05) is 5.16 Å². The van der Waals surface area contributed by atoms with E-state index in [-0.39, 0.29) is 41.3 Å². The van der Waals surface area contributed by atoms with Crippen molar-refractivity contribution in [3.63, 3.8) is 0 Å². The third-order valence-corrected chi connectivity index (χ3v) is 8.27. The molecule has 2 fully saturated rings. The van der Waals surface area contributed by atoms with Gasteiger partial charge in [0.2, 0.25) is 6.10 Å². The Morgan fingerprint density at radius 2 is 2.21 bits per heavy atom. The summed E-state index contributed by atoms with van der Waals surface area (Å²) in [6, 6.07) is 2.47. The Hall–Kier alpha value is -4.02. The number of nitrogens with one attached hydrogen (secondary N) is 2. The standard InChI is InChI=1S/C23H23N7O7S2/c24-23-26-13(10-39-23)15(28-37-14-3-4-25-18(14)32)19(33)27-16-20(34)30-17(22(35)36)12(9-38-21(16)30)7-29-5-1-2-11(6-29)8-31/h1-2,5-6,10,14,16,21,31H,3-4,7-9H2,(H4-,24,25,26,27,32,33,35,36)/p+1/t14?,16-,21+/m1/s1. The smallest absolute Gasteiger partial charge is 0.352 e. The van der Waals surface area contributed by atoms with Crippen molar-refractivity contribution in [2.45, 2.75) is 37.1 Å². The number of carboxylic acid groups (broad SMARTS) is 1. The number of amides is 3. The van der Waals surface area contributed by atoms with Crippen molar-refractivity contribution in [1.29, 1.82) is 0 Å². The van der Waals surface area contributed by atoms with Gasteiger partial charge in [-0.3, -0.25) is 19.3 Å². The number of pyridine rings is 1. The highest BCUT2D eigenvalue weighted by Gasteiger charge is 2.54. The number of oxime groups is 1. The highest BCUT2D eigenvalue weighted by atomic mass is 32.2. The largest absolute Gasteiger partial charge is 0.477 e. The molecule has 3 atom stereocenters. The second kappa shape index (κ2) is 11.0. The van der Waals surface area contributed by atoms with E-state index in [9.17, 15) is 29.4 Å². The minimum Gasteiger partial charge on any atom is -0.477 e. The van der Waals surface area contributed by atoms with Gasteiger partial charge in [0.15, 0.2) is 29.8 Å². The van der Waals surface area contributed by atoms with Gasteiger partial charge in [0.05, 0.1) is 6.61 Å². The molecule has 3 aliphatic rings. The molecule has 0 radical (unpaired) electrons. The average molecular weight is 575 g/mol. The number of rotatable bonds is 9. The number of carbonyl (C=O) groups is 4. The van der Waals surface area contributed by atoms with Gasteiger partial charge in [-0.15, -0.1) is 23.1 Å². The summed E-state index contributed by atoms with van der Waals surface area (Å²) in [7, 11) is 0. The van der Waals surface area contributed by atoms with E-state index in [0.29, 0.717) is 29.9 Å². The zero-order valence-corrected chi connectivity index (χ0v) is 21.9. The third kappa shape index (κ3) is 5.30. The molecule has 0 aliphatic carbocycles. The Bertz CT molecular complexity index is 1410. The molecule has 6 N–H and O–H groups in total. The van der Waals surface area contributed by atoms with Crippen LogP contribution in [0.5, 0.6) is 0 Å². The van der Waals surface area contributed by atoms with Gasteiger partial charge in [-0.2, -0.15) is 0 Å². The Labute approximate surface area is 229 Å². The van der Waals surface area contributed by atoms with Crippen molar-refractivity contribution >= 4 is 57.6 Å². The molecule has 16 heteroatoms. The van der Waals surface area contributed by atoms with Crippen molar-refractivity contribution in [2.75, 3.05) is 18.0 Å². The summed E-state index contributed by atoms with van der Waals surface area (Å²) in [6.45, 7) is 0.471. The van der Waals surface area contributed by atoms with Crippen LogP contribution in [0.2, 0.25) is 0 Å². The molecule has 204 valence electrons. The predicted molar refractivity (Wildman–Crippen MR) is 138 cm³/mol. The van der Waals surface area contributed by atoms with E-state index < -0.39 is 35.3 Å². The first-order valence-corrected chi connectivity index (χ1v) is 13.7. The number of β-lactam (4-membered cyclic amide) rings is 1. The van der Waals surface area contributed by atoms with Crippen LogP contribution in [0.15, 0.2) is 46.3 Å². The lowest BCUT2D eigenvalue weighted by atomic mass is 10.0. The second-order valence-electron chi connectivity index (χ2n) is 8.85. The first kappa shape index (κ1) is 26.6. The Morgan fingerprint density at radius 3 is 2.87 bits per heavy atom. The van der Waals surface area contributed by atoms with E-state index in [1.165, 1.54) is 22.0 Å². The number of aliphatic hydroxyl groups excluding tert-OH is 1. The molecule has 0 bridgehead atoms. The summed E-state index contributed by atoms with van der Waals surface area (Å²) in [5.74, 6) is -2.67. The number of aromatic nitrogens is 2. The zero-order valence-electron chi connectivity index (χ0n) is 20.3. The molecule has 5 rings (SSSR count). The van der Waals surface area contributed by atoms with E-state index in [2.05, 4.69) is 20.8 Å². The van der Waals surface area contributed by atoms with Crippen LogP contribution < -0.4 is 20.9 Å². The number of carbonyl (C=O) groups excluding carboxylic acids is 3. The van der Waals surface area contributed by atoms with E-state index in [0.717, 1.165) is 11.3 Å². The molecule has 0 saturated carbocycles. The SMILES string of the molecule is Nc1nc(C(=NOC2CCNC2=O)C(=O)N[C@@H]2C(=O)N3C(C(=O)O)=C(C[n+]4cccc(CO)c4)CS[C@@H]23)cs1. The molecule has 39 heavy (non-hydrogen) atoms. The number of hydrogen-bond acceptors (Lipinski definition) is 11. The zero-order chi connectivity index (χ0) is 27.7. The van der Waals surface area contributed by atoms with E-state index in [1.807, 2.05) is 0 Å². The van der Waals surface area contributed by atoms with Gasteiger partial charge in [0.25, 0.3) is 17.7 Å². The Kier molecular flexibility index (Phi) is 7.49. The van der Waals surface area contributed by atoms with Crippen LogP contribution in [0.1, 0.15) is 17.7 Å². The van der Waals surface area contributed by atoms with Gasteiger partial charge in [-0.25, -0.2) is 14.3 Å². The van der Waals surface area contributed by atoms with E-state index in [1.54, 1.807) is 29.1 Å². The monoisotopic (exact) mass is 574 g/mol. The van der Waals surface area contributed by atoms with Gasteiger partial charge < -0.3 is 31.4 Å². The number of nitrogens with zero attached hydrogens (tertiary/aromatic N) is 4. The molecular weight excluding hydrogens is 550 g/mol. The van der Waals surface area contributed by atoms with Crippen molar-refractivity contribution < 1.29 is 38.8 Å². The summed E-state index contributed by atoms with van der Waals surface area (Å²) in [6.07, 6.45) is 2.96. The lowest BCUT2D eigenvalue weighted by Crippen LogP contribution is -2.71. The van der Waals surface area contributed by atoms with Crippen LogP contribution in [-0.2, 0) is 37.2 Å². The number of anilines is 1. The molecular formula is C23H24N7O7S2+. The average Bonchev–Trinajstić information content (AvgIpc) is 3.54. The summed E-state index contributed by atoms with van der Waals surface area (Å²) in [5.41, 5.74) is 6.62. The van der Waals surface area contributed by atoms with E-state index in [4.69, 9.17) is 10.6 Å². The summed E-state index contributed by atoms with van der Waals surface area (Å²) in [5, 5.41) is 29.5. The number of thiazole rings is 1. The van der Waals surface area contributed by atoms with Gasteiger partial charge in [0, 0.05) is 41.3 Å². The van der Waals surface area contributed by atoms with Gasteiger partial charge >= 0.3 is 5.97 Å². The Morgan fingerprint density at radius 1 is 1.38 bits per heavy atom. The number of nitrogen functional groups attached to an aromatic ring is 1. The number of nitrogens with two attached hydrogens (primary N) is 1. The molecule has 0 spiro atoms. The van der Waals surface area contributed by atoms with Gasteiger partial charge in [0.1, 0.15) is 22.8 Å². The number of thioether (sulfide) groups is 1. The topological polar surface area (TPSA) is 200 Å². The molecule has 2 aromatic rings. The quantitative estimate of drug-likeness (QED) is 0.102. The predicted octanol–water partition coefficient (Wildman–Crippen LogP) is -1.45. The second-order valence-corrected chi connectivity index (χ2v) is 10.8. The molecule has 5 heterocycles. The van der Waals surface area contributed by atoms with Gasteiger partial charge in [-0.05, 0) is 6.07 Å². The van der Waals surface area contributed by atoms with Crippen LogP contribution in [0, 0.1) is 0 Å². The van der Waals surface area contributed by atoms with Crippen LogP contribution in [0.4, 0.5) is 5.13 Å². The van der Waals surface area contributed by atoms with Crippen LogP contribution in [0.25, 0.3) is 0 Å².